The van der Waals surface area contributed by atoms with Crippen molar-refractivity contribution in [1.29, 1.82) is 0 Å². The number of carbonyl (C=O) groups excluding carboxylic acids is 3. The van der Waals surface area contributed by atoms with E-state index in [1.807, 2.05) is 0 Å². The van der Waals surface area contributed by atoms with Crippen molar-refractivity contribution in [1.82, 2.24) is 5.06 Å². The van der Waals surface area contributed by atoms with Crippen molar-refractivity contribution in [3.63, 3.8) is 0 Å². The molecule has 1 saturated carbocycles. The Labute approximate surface area is 117 Å². The van der Waals surface area contributed by atoms with Crippen molar-refractivity contribution in [2.75, 3.05) is 0 Å². The van der Waals surface area contributed by atoms with E-state index in [0.29, 0.717) is 16.9 Å². The molecule has 0 bridgehead atoms. The van der Waals surface area contributed by atoms with Crippen molar-refractivity contribution in [3.8, 4) is 0 Å². The van der Waals surface area contributed by atoms with E-state index in [-0.39, 0.29) is 18.8 Å². The third-order valence-electron chi connectivity index (χ3n) is 4.71. The largest absolute Gasteiger partial charge is 0.336 e. The van der Waals surface area contributed by atoms with Gasteiger partial charge in [-0.1, -0.05) is 12.2 Å². The van der Waals surface area contributed by atoms with Gasteiger partial charge in [-0.15, -0.1) is 5.06 Å². The first-order valence-corrected chi connectivity index (χ1v) is 7.39. The maximum Gasteiger partial charge on any atom is 0.336 e. The second kappa shape index (κ2) is 5.38. The fourth-order valence-corrected chi connectivity index (χ4v) is 3.50. The Morgan fingerprint density at radius 1 is 1.10 bits per heavy atom. The van der Waals surface area contributed by atoms with Gasteiger partial charge in [0, 0.05) is 12.8 Å². The Bertz CT molecular complexity index is 454. The molecule has 108 valence electrons. The van der Waals surface area contributed by atoms with E-state index >= 15 is 0 Å². The highest BCUT2D eigenvalue weighted by Gasteiger charge is 2.47. The topological polar surface area (TPSA) is 63.7 Å². The van der Waals surface area contributed by atoms with Crippen LogP contribution in [0.15, 0.2) is 12.2 Å². The van der Waals surface area contributed by atoms with Gasteiger partial charge in [-0.05, 0) is 43.9 Å². The van der Waals surface area contributed by atoms with E-state index in [0.717, 1.165) is 32.1 Å². The number of amides is 2. The van der Waals surface area contributed by atoms with Gasteiger partial charge in [0.1, 0.15) is 0 Å². The first kappa shape index (κ1) is 13.3. The van der Waals surface area contributed by atoms with Crippen LogP contribution < -0.4 is 0 Å². The van der Waals surface area contributed by atoms with Crippen LogP contribution >= 0.6 is 0 Å². The first-order chi connectivity index (χ1) is 9.66. The van der Waals surface area contributed by atoms with Gasteiger partial charge in [0.2, 0.25) is 0 Å². The van der Waals surface area contributed by atoms with Crippen LogP contribution in [0.2, 0.25) is 0 Å². The highest BCUT2D eigenvalue weighted by molar-refractivity contribution is 6.01. The van der Waals surface area contributed by atoms with Gasteiger partial charge in [-0.3, -0.25) is 9.59 Å². The van der Waals surface area contributed by atoms with Gasteiger partial charge >= 0.3 is 5.97 Å². The maximum atomic E-state index is 12.1. The molecule has 0 aromatic carbocycles. The fraction of sp³-hybridized carbons (Fsp3) is 0.667. The zero-order chi connectivity index (χ0) is 14.1. The molecule has 20 heavy (non-hydrogen) atoms. The van der Waals surface area contributed by atoms with Crippen LogP contribution in [0, 0.1) is 17.8 Å². The minimum atomic E-state index is -0.403. The summed E-state index contributed by atoms with van der Waals surface area (Å²) in [7, 11) is 0. The highest BCUT2D eigenvalue weighted by Crippen LogP contribution is 2.47. The van der Waals surface area contributed by atoms with Crippen molar-refractivity contribution < 1.29 is 19.2 Å². The number of hydroxylamine groups is 2. The zero-order valence-corrected chi connectivity index (χ0v) is 11.4. The molecular formula is C15H19NO4. The number of allylic oxidation sites excluding steroid dienone is 2. The molecule has 3 rings (SSSR count). The van der Waals surface area contributed by atoms with Crippen molar-refractivity contribution in [3.05, 3.63) is 12.2 Å². The average Bonchev–Trinajstić information content (AvgIpc) is 2.69. The molecule has 0 aromatic heterocycles. The number of hydrogen-bond donors (Lipinski definition) is 0. The summed E-state index contributed by atoms with van der Waals surface area (Å²) in [5.74, 6) is -0.422. The summed E-state index contributed by atoms with van der Waals surface area (Å²) < 4.78 is 0. The lowest BCUT2D eigenvalue weighted by molar-refractivity contribution is -0.206. The molecule has 1 saturated heterocycles. The van der Waals surface area contributed by atoms with Gasteiger partial charge in [-0.2, -0.15) is 0 Å². The Hall–Kier alpha value is -1.65. The molecule has 2 amide bonds. The minimum Gasteiger partial charge on any atom is -0.330 e. The summed E-state index contributed by atoms with van der Waals surface area (Å²) in [6, 6.07) is 0. The molecular weight excluding hydrogens is 258 g/mol. The number of fused-ring (bicyclic) bond motifs is 1. The summed E-state index contributed by atoms with van der Waals surface area (Å²) in [5, 5.41) is 0.665. The molecule has 0 N–H and O–H groups in total. The second-order valence-corrected chi connectivity index (χ2v) is 5.88. The van der Waals surface area contributed by atoms with Gasteiger partial charge in [0.15, 0.2) is 0 Å². The average molecular weight is 277 g/mol. The van der Waals surface area contributed by atoms with Gasteiger partial charge < -0.3 is 4.84 Å². The molecule has 0 radical (unpaired) electrons. The van der Waals surface area contributed by atoms with Crippen LogP contribution in [0.5, 0.6) is 0 Å². The van der Waals surface area contributed by atoms with Crippen LogP contribution in [-0.2, 0) is 19.2 Å². The monoisotopic (exact) mass is 277 g/mol. The number of rotatable bonds is 2. The zero-order valence-electron chi connectivity index (χ0n) is 11.4. The lowest BCUT2D eigenvalue weighted by atomic mass is 9.61. The number of nitrogens with zero attached hydrogens (tertiary/aromatic N) is 1. The van der Waals surface area contributed by atoms with Crippen molar-refractivity contribution in [2.24, 2.45) is 17.8 Å². The van der Waals surface area contributed by atoms with Gasteiger partial charge in [0.05, 0.1) is 5.92 Å². The molecule has 0 aromatic rings. The number of hydrogen-bond acceptors (Lipinski definition) is 4. The number of carbonyl (C=O) groups is 3. The van der Waals surface area contributed by atoms with Gasteiger partial charge in [0.25, 0.3) is 11.8 Å². The molecule has 1 heterocycles. The molecule has 3 aliphatic rings. The van der Waals surface area contributed by atoms with Crippen LogP contribution in [0.4, 0.5) is 0 Å². The normalized spacial score (nSPS) is 34.8. The molecule has 5 nitrogen and oxygen atoms in total. The first-order valence-electron chi connectivity index (χ1n) is 7.39. The molecule has 1 aliphatic heterocycles. The molecule has 5 heteroatoms. The predicted octanol–water partition coefficient (Wildman–Crippen LogP) is 1.98. The summed E-state index contributed by atoms with van der Waals surface area (Å²) in [5.41, 5.74) is 0. The fourth-order valence-electron chi connectivity index (χ4n) is 3.50. The summed E-state index contributed by atoms with van der Waals surface area (Å²) >= 11 is 0. The van der Waals surface area contributed by atoms with E-state index in [2.05, 4.69) is 12.2 Å². The predicted molar refractivity (Wildman–Crippen MR) is 69.9 cm³/mol. The SMILES string of the molecule is O=C(ON1C(=O)CCC1=O)C1CC2CC/C=C/CCC21. The standard InChI is InChI=1S/C15H19NO4/c17-13-7-8-14(18)16(13)20-15(19)12-9-10-5-3-1-2-4-6-11(10)12/h1-2,10-12H,3-9H2/b2-1+. The molecule has 2 aliphatic carbocycles. The molecule has 3 unspecified atom stereocenters. The summed E-state index contributed by atoms with van der Waals surface area (Å²) in [6.45, 7) is 0. The quantitative estimate of drug-likeness (QED) is 0.572. The van der Waals surface area contributed by atoms with Gasteiger partial charge in [-0.25, -0.2) is 4.79 Å². The van der Waals surface area contributed by atoms with Crippen LogP contribution in [0.25, 0.3) is 0 Å². The van der Waals surface area contributed by atoms with E-state index in [1.54, 1.807) is 0 Å². The van der Waals surface area contributed by atoms with Crippen molar-refractivity contribution >= 4 is 17.8 Å². The van der Waals surface area contributed by atoms with Crippen molar-refractivity contribution in [2.45, 2.75) is 44.9 Å². The smallest absolute Gasteiger partial charge is 0.330 e. The maximum absolute atomic E-state index is 12.1. The third kappa shape index (κ3) is 2.37. The summed E-state index contributed by atoms with van der Waals surface area (Å²) in [4.78, 5) is 40.1. The molecule has 2 fully saturated rings. The van der Waals surface area contributed by atoms with E-state index in [9.17, 15) is 14.4 Å². The highest BCUT2D eigenvalue weighted by atomic mass is 16.7. The Morgan fingerprint density at radius 3 is 2.45 bits per heavy atom. The lowest BCUT2D eigenvalue weighted by Gasteiger charge is -2.44. The van der Waals surface area contributed by atoms with Crippen LogP contribution in [-0.4, -0.2) is 22.8 Å². The van der Waals surface area contributed by atoms with E-state index in [1.165, 1.54) is 0 Å². The Morgan fingerprint density at radius 2 is 1.75 bits per heavy atom. The minimum absolute atomic E-state index is 0.146. The van der Waals surface area contributed by atoms with Crippen LogP contribution in [0.3, 0.4) is 0 Å². The lowest BCUT2D eigenvalue weighted by Crippen LogP contribution is -2.45. The third-order valence-corrected chi connectivity index (χ3v) is 4.71. The molecule has 3 atom stereocenters. The van der Waals surface area contributed by atoms with Crippen LogP contribution in [0.1, 0.15) is 44.9 Å². The number of imide groups is 1. The van der Waals surface area contributed by atoms with E-state index in [4.69, 9.17) is 4.84 Å². The summed E-state index contributed by atoms with van der Waals surface area (Å²) in [6.07, 6.45) is 9.68. The molecule has 0 spiro atoms. The van der Waals surface area contributed by atoms with E-state index < -0.39 is 17.8 Å². The Balaban J connectivity index is 1.59. The second-order valence-electron chi connectivity index (χ2n) is 5.88. The Kier molecular flexibility index (Phi) is 3.59.